The summed E-state index contributed by atoms with van der Waals surface area (Å²) in [7, 11) is 2.17. The summed E-state index contributed by atoms with van der Waals surface area (Å²) in [5.41, 5.74) is 17.2. The van der Waals surface area contributed by atoms with E-state index in [1.807, 2.05) is 132 Å². The lowest BCUT2D eigenvalue weighted by Crippen LogP contribution is -2.43. The molecule has 1 atom stereocenters. The normalized spacial score (nSPS) is 13.7. The van der Waals surface area contributed by atoms with E-state index in [1.165, 1.54) is 24.0 Å². The van der Waals surface area contributed by atoms with E-state index in [-0.39, 0.29) is 20.6 Å². The van der Waals surface area contributed by atoms with Crippen LogP contribution in [0.2, 0.25) is 0 Å². The van der Waals surface area contributed by atoms with Crippen LogP contribution in [0.4, 0.5) is 5.69 Å². The van der Waals surface area contributed by atoms with Gasteiger partial charge in [0.1, 0.15) is 5.69 Å². The number of likely N-dealkylation sites (N-methyl/N-ethyl adjacent to an activating group) is 1. The largest absolute Gasteiger partial charge is 0.404 e. The second-order valence-electron chi connectivity index (χ2n) is 13.6. The lowest BCUT2D eigenvalue weighted by atomic mass is 10.0. The molecule has 67 heavy (non-hydrogen) atoms. The Morgan fingerprint density at radius 1 is 0.687 bits per heavy atom. The summed E-state index contributed by atoms with van der Waals surface area (Å²) in [6.07, 6.45) is 8.45. The number of hydrogen-bond acceptors (Lipinski definition) is 9. The number of Topliss-reactive ketones (excluding diaryl/α,β-unsaturated/α-hetero) is 1. The number of rotatable bonds is 9. The summed E-state index contributed by atoms with van der Waals surface area (Å²) in [4.78, 5) is 36.3. The molecule has 2 aliphatic heterocycles. The highest BCUT2D eigenvalue weighted by Gasteiger charge is 2.20. The molecule has 3 aromatic carbocycles. The van der Waals surface area contributed by atoms with Crippen molar-refractivity contribution in [2.24, 2.45) is 11.5 Å². The summed E-state index contributed by atoms with van der Waals surface area (Å²) in [6.45, 7) is 31.8. The molecule has 0 bridgehead atoms. The zero-order valence-electron chi connectivity index (χ0n) is 43.3. The molecule has 0 unspecified atom stereocenters. The van der Waals surface area contributed by atoms with E-state index in [9.17, 15) is 14.7 Å². The van der Waals surface area contributed by atoms with E-state index in [1.54, 1.807) is 24.4 Å². The van der Waals surface area contributed by atoms with Gasteiger partial charge in [0, 0.05) is 115 Å². The van der Waals surface area contributed by atoms with E-state index in [0.717, 1.165) is 68.9 Å². The number of aliphatic hydroxyl groups is 1. The molecule has 6 rings (SSSR count). The maximum atomic E-state index is 12.6. The van der Waals surface area contributed by atoms with Crippen LogP contribution in [0.1, 0.15) is 141 Å². The first-order valence-electron chi connectivity index (χ1n) is 24.4. The van der Waals surface area contributed by atoms with Gasteiger partial charge in [0.2, 0.25) is 0 Å². The quantitative estimate of drug-likeness (QED) is 0.0954. The van der Waals surface area contributed by atoms with Gasteiger partial charge in [0.05, 0.1) is 6.10 Å². The number of pyridine rings is 1. The van der Waals surface area contributed by atoms with Crippen molar-refractivity contribution in [2.75, 3.05) is 51.6 Å². The second kappa shape index (κ2) is 41.4. The standard InChI is InChI=1S/C24H27N3O.C21H22N4O2.6C2H6.2H2/c1-26-13-15-27(16-14-26)19-22-10-8-21(9-11-22)18-24(28)23-7-4-6-20(17-23)5-2-3-12-25;22-10-2-1-3-18-13-19(8-11-23-18)24-21(27)17-6-4-16(5-7-17)14-25-12-9-20(26)15-25;6*1-2;;/h3-4,6-12,17H,13-16,18-19,25H2,1H3;2,4-8,10-11,13,20,26H,9,12,14-15,22H2,(H,23,24,27);6*1-2H3;2*1H/b12-3+;10-2+;;;;;;;;/t;20-;;;;;;;;/m.1......../s1/i;;;;;;;;2*1+2. The maximum Gasteiger partial charge on any atom is 0.255 e. The Bertz CT molecular complexity index is 2080. The Labute approximate surface area is 409 Å². The molecule has 6 N–H and O–H groups in total. The van der Waals surface area contributed by atoms with E-state index in [0.29, 0.717) is 35.5 Å². The van der Waals surface area contributed by atoms with E-state index < -0.39 is 0 Å². The van der Waals surface area contributed by atoms with E-state index in [4.69, 9.17) is 11.5 Å². The van der Waals surface area contributed by atoms with Gasteiger partial charge in [0.25, 0.3) is 5.91 Å². The van der Waals surface area contributed by atoms with Crippen LogP contribution in [0.15, 0.2) is 116 Å². The van der Waals surface area contributed by atoms with Crippen LogP contribution in [0.3, 0.4) is 0 Å². The highest BCUT2D eigenvalue weighted by Crippen LogP contribution is 2.16. The Morgan fingerprint density at radius 2 is 1.22 bits per heavy atom. The first kappa shape index (κ1) is 63.1. The Morgan fingerprint density at radius 3 is 1.78 bits per heavy atom. The van der Waals surface area contributed by atoms with Gasteiger partial charge in [-0.15, -0.1) is 0 Å². The van der Waals surface area contributed by atoms with Crippen LogP contribution in [-0.2, 0) is 19.5 Å². The van der Waals surface area contributed by atoms with Gasteiger partial charge in [-0.25, -0.2) is 4.98 Å². The summed E-state index contributed by atoms with van der Waals surface area (Å²) >= 11 is 0. The van der Waals surface area contributed by atoms with Gasteiger partial charge in [-0.05, 0) is 72.5 Å². The summed E-state index contributed by atoms with van der Waals surface area (Å²) < 4.78 is 0. The van der Waals surface area contributed by atoms with Crippen molar-refractivity contribution in [1.29, 1.82) is 0 Å². The van der Waals surface area contributed by atoms with Crippen LogP contribution in [-0.4, -0.2) is 88.9 Å². The molecule has 0 spiro atoms. The number of hydrogen-bond donors (Lipinski definition) is 4. The van der Waals surface area contributed by atoms with Crippen molar-refractivity contribution < 1.29 is 17.5 Å². The third kappa shape index (κ3) is 26.7. The molecule has 4 aromatic rings. The molecule has 10 heteroatoms. The first-order chi connectivity index (χ1) is 32.8. The highest BCUT2D eigenvalue weighted by molar-refractivity contribution is 6.04. The molecule has 370 valence electrons. The van der Waals surface area contributed by atoms with Gasteiger partial charge in [-0.3, -0.25) is 19.4 Å². The third-order valence-electron chi connectivity index (χ3n) is 9.24. The number of anilines is 1. The van der Waals surface area contributed by atoms with Crippen molar-refractivity contribution in [1.82, 2.24) is 19.7 Å². The number of likely N-dealkylation sites (tertiary alicyclic amines) is 1. The molecule has 1 aromatic heterocycles. The number of carbonyl (C=O) groups is 2. The van der Waals surface area contributed by atoms with Crippen molar-refractivity contribution >= 4 is 17.4 Å². The first-order valence-corrected chi connectivity index (χ1v) is 24.4. The number of aromatic nitrogens is 1. The topological polar surface area (TPSA) is 141 Å². The summed E-state index contributed by atoms with van der Waals surface area (Å²) in [5.74, 6) is 11.3. The van der Waals surface area contributed by atoms with Crippen LogP contribution >= 0.6 is 0 Å². The molecule has 2 saturated heterocycles. The van der Waals surface area contributed by atoms with Crippen LogP contribution < -0.4 is 16.8 Å². The number of nitrogens with two attached hydrogens (primary N) is 2. The Hall–Kier alpha value is -6.01. The second-order valence-corrected chi connectivity index (χ2v) is 13.6. The lowest BCUT2D eigenvalue weighted by molar-refractivity contribution is 0.0990. The van der Waals surface area contributed by atoms with E-state index >= 15 is 0 Å². The Balaban J connectivity index is -0.000000491. The Kier molecular flexibility index (Phi) is 39.0. The van der Waals surface area contributed by atoms with Crippen LogP contribution in [0.25, 0.3) is 0 Å². The smallest absolute Gasteiger partial charge is 0.255 e. The van der Waals surface area contributed by atoms with Crippen LogP contribution in [0.5, 0.6) is 0 Å². The molecule has 0 radical (unpaired) electrons. The van der Waals surface area contributed by atoms with Crippen LogP contribution in [0, 0.1) is 23.7 Å². The van der Waals surface area contributed by atoms with Gasteiger partial charge in [-0.1, -0.05) is 149 Å². The van der Waals surface area contributed by atoms with Gasteiger partial charge in [0.15, 0.2) is 5.78 Å². The highest BCUT2D eigenvalue weighted by atomic mass is 16.3. The monoisotopic (exact) mass is 924 g/mol. The fourth-order valence-electron chi connectivity index (χ4n) is 6.18. The zero-order chi connectivity index (χ0) is 50.8. The lowest BCUT2D eigenvalue weighted by Gasteiger charge is -2.32. The van der Waals surface area contributed by atoms with Crippen molar-refractivity contribution in [3.63, 3.8) is 0 Å². The number of carbonyl (C=O) groups excluding carboxylic acids is 2. The number of nitrogens with one attached hydrogen (secondary N) is 1. The van der Waals surface area contributed by atoms with E-state index in [2.05, 4.69) is 80.0 Å². The molecule has 0 saturated carbocycles. The number of β-amino-alcohol motifs (C(OH)–C–C–N with tert-alkyl or cyclic N) is 1. The summed E-state index contributed by atoms with van der Waals surface area (Å²) in [5, 5.41) is 12.5. The fraction of sp³-hybridized carbons (Fsp3) is 0.421. The minimum atomic E-state index is -0.226. The molecule has 0 aliphatic carbocycles. The summed E-state index contributed by atoms with van der Waals surface area (Å²) in [6, 6.07) is 26.8. The van der Waals surface area contributed by atoms with Gasteiger partial charge < -0.3 is 26.8 Å². The number of allylic oxidation sites excluding steroid dienone is 2. The number of benzene rings is 3. The minimum absolute atomic E-state index is 0. The number of ketones is 1. The SMILES string of the molecule is CC.CC.CC.CC.CC.CC.CN1CCN(Cc2ccc(CC(=O)c3cccc(C#C/C=C/N)c3)cc2)CC1.N/C=C/C#Cc1cc(NC(=O)c2ccc(CN3CC[C@@H](O)C3)cc2)ccn1.[3HH].[3HH]. The van der Waals surface area contributed by atoms with Gasteiger partial charge in [-0.2, -0.15) is 0 Å². The van der Waals surface area contributed by atoms with Gasteiger partial charge >= 0.3 is 0 Å². The van der Waals surface area contributed by atoms with Crippen molar-refractivity contribution in [3.8, 4) is 23.7 Å². The predicted molar refractivity (Wildman–Crippen MR) is 291 cm³/mol. The average molecular weight is 924 g/mol. The average Bonchev–Trinajstić information content (AvgIpc) is 3.81. The number of aliphatic hydroxyl groups excluding tert-OH is 1. The number of amides is 1. The molecular formula is C57H89N7O3. The molecule has 2 fully saturated rings. The fourth-order valence-corrected chi connectivity index (χ4v) is 6.18. The molecule has 10 nitrogen and oxygen atoms in total. The predicted octanol–water partition coefficient (Wildman–Crippen LogP) is 11.1. The number of piperazine rings is 1. The number of nitrogens with zero attached hydrogens (tertiary/aromatic N) is 4. The zero-order valence-corrected chi connectivity index (χ0v) is 43.3. The van der Waals surface area contributed by atoms with Crippen molar-refractivity contribution in [2.45, 2.75) is 115 Å². The minimum Gasteiger partial charge on any atom is -0.404 e. The molecule has 1 amide bonds. The molecule has 2 aliphatic rings. The molecular weight excluding hydrogens is 831 g/mol. The van der Waals surface area contributed by atoms with Crippen molar-refractivity contribution in [3.05, 3.63) is 155 Å². The molecule has 3 heterocycles. The third-order valence-corrected chi connectivity index (χ3v) is 9.24. The maximum absolute atomic E-state index is 12.6.